The van der Waals surface area contributed by atoms with Gasteiger partial charge in [-0.15, -0.1) is 0 Å². The van der Waals surface area contributed by atoms with Crippen LogP contribution >= 0.6 is 11.6 Å². The normalized spacial score (nSPS) is 12.4. The van der Waals surface area contributed by atoms with Crippen molar-refractivity contribution in [3.05, 3.63) is 70.9 Å². The molecule has 118 valence electrons. The molecule has 3 nitrogen and oxygen atoms in total. The molecule has 0 aliphatic rings. The van der Waals surface area contributed by atoms with E-state index in [1.807, 2.05) is 42.5 Å². The minimum Gasteiger partial charge on any atom is -0.508 e. The van der Waals surface area contributed by atoms with Gasteiger partial charge in [-0.3, -0.25) is 4.98 Å². The van der Waals surface area contributed by atoms with Gasteiger partial charge in [0.1, 0.15) is 5.75 Å². The van der Waals surface area contributed by atoms with E-state index in [4.69, 9.17) is 11.6 Å². The third-order valence-corrected chi connectivity index (χ3v) is 4.42. The van der Waals surface area contributed by atoms with Crippen molar-refractivity contribution in [2.75, 3.05) is 0 Å². The minimum absolute atomic E-state index is 0.0613. The van der Waals surface area contributed by atoms with Gasteiger partial charge in [0, 0.05) is 40.3 Å². The maximum atomic E-state index is 10.1. The first kappa shape index (κ1) is 15.8. The largest absolute Gasteiger partial charge is 0.508 e. The van der Waals surface area contributed by atoms with E-state index in [1.54, 1.807) is 12.3 Å². The maximum absolute atomic E-state index is 10.1. The van der Waals surface area contributed by atoms with Gasteiger partial charge in [0.15, 0.2) is 0 Å². The number of hydrogen-bond acceptors (Lipinski definition) is 3. The number of nitrogens with one attached hydrogen (secondary N) is 1. The Morgan fingerprint density at radius 3 is 2.74 bits per heavy atom. The Kier molecular flexibility index (Phi) is 4.79. The predicted molar refractivity (Wildman–Crippen MR) is 94.7 cm³/mol. The monoisotopic (exact) mass is 326 g/mol. The Labute approximate surface area is 140 Å². The number of aromatic hydroxyl groups is 1. The van der Waals surface area contributed by atoms with Crippen molar-refractivity contribution in [1.82, 2.24) is 10.3 Å². The lowest BCUT2D eigenvalue weighted by Gasteiger charge is -2.19. The number of phenols is 1. The van der Waals surface area contributed by atoms with Gasteiger partial charge in [-0.2, -0.15) is 0 Å². The number of para-hydroxylation sites is 1. The Bertz CT molecular complexity index is 819. The minimum atomic E-state index is 0.0613. The summed E-state index contributed by atoms with van der Waals surface area (Å²) in [6.07, 6.45) is 2.65. The van der Waals surface area contributed by atoms with Crippen molar-refractivity contribution < 1.29 is 5.11 Å². The van der Waals surface area contributed by atoms with Gasteiger partial charge in [0.2, 0.25) is 0 Å². The number of nitrogens with zero attached hydrogens (tertiary/aromatic N) is 1. The van der Waals surface area contributed by atoms with Gasteiger partial charge < -0.3 is 10.4 Å². The molecule has 0 amide bonds. The van der Waals surface area contributed by atoms with Gasteiger partial charge in [-0.05, 0) is 24.6 Å². The molecule has 1 atom stereocenters. The van der Waals surface area contributed by atoms with Crippen molar-refractivity contribution in [3.8, 4) is 5.75 Å². The molecule has 0 radical (unpaired) electrons. The molecule has 2 aromatic carbocycles. The number of halogens is 1. The smallest absolute Gasteiger partial charge is 0.120 e. The molecule has 4 heteroatoms. The summed E-state index contributed by atoms with van der Waals surface area (Å²) < 4.78 is 0. The lowest BCUT2D eigenvalue weighted by molar-refractivity contribution is 0.441. The van der Waals surface area contributed by atoms with Crippen LogP contribution in [0.1, 0.15) is 30.5 Å². The molecule has 0 saturated carbocycles. The van der Waals surface area contributed by atoms with Crippen LogP contribution in [0.4, 0.5) is 0 Å². The van der Waals surface area contributed by atoms with Crippen LogP contribution in [-0.4, -0.2) is 10.1 Å². The highest BCUT2D eigenvalue weighted by Gasteiger charge is 2.14. The summed E-state index contributed by atoms with van der Waals surface area (Å²) in [7, 11) is 0. The zero-order valence-electron chi connectivity index (χ0n) is 13.0. The molecule has 0 aliphatic heterocycles. The van der Waals surface area contributed by atoms with Crippen molar-refractivity contribution in [2.45, 2.75) is 25.9 Å². The fraction of sp³-hybridized carbons (Fsp3) is 0.211. The Morgan fingerprint density at radius 2 is 1.96 bits per heavy atom. The van der Waals surface area contributed by atoms with Gasteiger partial charge in [-0.1, -0.05) is 48.9 Å². The first-order valence-electron chi connectivity index (χ1n) is 7.74. The lowest BCUT2D eigenvalue weighted by atomic mass is 10.0. The zero-order valence-corrected chi connectivity index (χ0v) is 13.7. The summed E-state index contributed by atoms with van der Waals surface area (Å²) in [4.78, 5) is 4.46. The Hall–Kier alpha value is -2.10. The SMILES string of the molecule is CC[C@@H](NCc1c(Cl)ccc2cccnc12)c1ccccc1O. The highest BCUT2D eigenvalue weighted by molar-refractivity contribution is 6.32. The van der Waals surface area contributed by atoms with Crippen LogP contribution in [0, 0.1) is 0 Å². The van der Waals surface area contributed by atoms with E-state index in [9.17, 15) is 5.11 Å². The second-order valence-corrected chi connectivity index (χ2v) is 5.91. The van der Waals surface area contributed by atoms with E-state index in [0.29, 0.717) is 17.3 Å². The topological polar surface area (TPSA) is 45.2 Å². The molecule has 0 saturated heterocycles. The van der Waals surface area contributed by atoms with Gasteiger partial charge in [-0.25, -0.2) is 0 Å². The number of pyridine rings is 1. The second-order valence-electron chi connectivity index (χ2n) is 5.50. The number of aromatic nitrogens is 1. The number of rotatable bonds is 5. The average molecular weight is 327 g/mol. The van der Waals surface area contributed by atoms with Crippen molar-refractivity contribution in [3.63, 3.8) is 0 Å². The highest BCUT2D eigenvalue weighted by atomic mass is 35.5. The van der Waals surface area contributed by atoms with Crippen LogP contribution in [0.2, 0.25) is 5.02 Å². The number of benzene rings is 2. The Balaban J connectivity index is 1.88. The van der Waals surface area contributed by atoms with E-state index in [2.05, 4.69) is 17.2 Å². The second kappa shape index (κ2) is 6.99. The molecular formula is C19H19ClN2O. The molecule has 0 bridgehead atoms. The quantitative estimate of drug-likeness (QED) is 0.705. The van der Waals surface area contributed by atoms with Crippen molar-refractivity contribution >= 4 is 22.5 Å². The summed E-state index contributed by atoms with van der Waals surface area (Å²) >= 11 is 6.38. The molecule has 0 spiro atoms. The number of hydrogen-bond donors (Lipinski definition) is 2. The van der Waals surface area contributed by atoms with Crippen LogP contribution in [0.5, 0.6) is 5.75 Å². The van der Waals surface area contributed by atoms with Gasteiger partial charge >= 0.3 is 0 Å². The summed E-state index contributed by atoms with van der Waals surface area (Å²) in [6.45, 7) is 2.69. The Morgan fingerprint density at radius 1 is 1.13 bits per heavy atom. The lowest BCUT2D eigenvalue weighted by Crippen LogP contribution is -2.20. The van der Waals surface area contributed by atoms with E-state index >= 15 is 0 Å². The van der Waals surface area contributed by atoms with Crippen molar-refractivity contribution in [2.24, 2.45) is 0 Å². The molecular weight excluding hydrogens is 308 g/mol. The van der Waals surface area contributed by atoms with Crippen LogP contribution in [0.25, 0.3) is 10.9 Å². The molecule has 2 N–H and O–H groups in total. The van der Waals surface area contributed by atoms with E-state index in [0.717, 1.165) is 28.5 Å². The fourth-order valence-corrected chi connectivity index (χ4v) is 3.05. The first-order valence-corrected chi connectivity index (χ1v) is 8.12. The highest BCUT2D eigenvalue weighted by Crippen LogP contribution is 2.28. The van der Waals surface area contributed by atoms with Crippen LogP contribution in [-0.2, 0) is 6.54 Å². The standard InChI is InChI=1S/C19H19ClN2O/c1-2-17(14-7-3-4-8-18(14)23)22-12-15-16(20)10-9-13-6-5-11-21-19(13)15/h3-11,17,22-23H,2,12H2,1H3/t17-/m1/s1. The summed E-state index contributed by atoms with van der Waals surface area (Å²) in [5.74, 6) is 0.314. The third-order valence-electron chi connectivity index (χ3n) is 4.07. The fourth-order valence-electron chi connectivity index (χ4n) is 2.83. The molecule has 23 heavy (non-hydrogen) atoms. The van der Waals surface area contributed by atoms with Crippen molar-refractivity contribution in [1.29, 1.82) is 0 Å². The molecule has 0 unspecified atom stereocenters. The number of fused-ring (bicyclic) bond motifs is 1. The number of phenolic OH excluding ortho intramolecular Hbond substituents is 1. The summed E-state index contributed by atoms with van der Waals surface area (Å²) in [5, 5.41) is 15.3. The average Bonchev–Trinajstić information content (AvgIpc) is 2.58. The molecule has 0 aliphatic carbocycles. The van der Waals surface area contributed by atoms with Crippen LogP contribution in [0.15, 0.2) is 54.7 Å². The molecule has 3 aromatic rings. The molecule has 1 aromatic heterocycles. The zero-order chi connectivity index (χ0) is 16.2. The van der Waals surface area contributed by atoms with E-state index in [-0.39, 0.29) is 6.04 Å². The third kappa shape index (κ3) is 3.31. The van der Waals surface area contributed by atoms with Gasteiger partial charge in [0.05, 0.1) is 5.52 Å². The summed E-state index contributed by atoms with van der Waals surface area (Å²) in [6, 6.07) is 15.3. The predicted octanol–water partition coefficient (Wildman–Crippen LogP) is 4.83. The molecule has 0 fully saturated rings. The van der Waals surface area contributed by atoms with E-state index < -0.39 is 0 Å². The van der Waals surface area contributed by atoms with Crippen LogP contribution < -0.4 is 5.32 Å². The summed E-state index contributed by atoms with van der Waals surface area (Å²) in [5.41, 5.74) is 2.80. The van der Waals surface area contributed by atoms with Crippen LogP contribution in [0.3, 0.4) is 0 Å². The van der Waals surface area contributed by atoms with Gasteiger partial charge in [0.25, 0.3) is 0 Å². The molecule has 3 rings (SSSR count). The maximum Gasteiger partial charge on any atom is 0.120 e. The first-order chi connectivity index (χ1) is 11.2. The van der Waals surface area contributed by atoms with E-state index in [1.165, 1.54) is 0 Å². The molecule has 1 heterocycles.